The molecule has 2 N–H and O–H groups in total. The minimum atomic E-state index is -3.60. The van der Waals surface area contributed by atoms with Crippen LogP contribution in [0.2, 0.25) is 0 Å². The molecule has 0 aromatic carbocycles. The molecular formula is C13H17BrN2O3S2. The van der Waals surface area contributed by atoms with Crippen LogP contribution in [0.4, 0.5) is 0 Å². The van der Waals surface area contributed by atoms with Crippen LogP contribution in [0, 0.1) is 0 Å². The second kappa shape index (κ2) is 7.06. The fourth-order valence-corrected chi connectivity index (χ4v) is 4.37. The predicted octanol–water partition coefficient (Wildman–Crippen LogP) is 3.08. The minimum absolute atomic E-state index is 0.125. The highest BCUT2D eigenvalue weighted by Crippen LogP contribution is 2.26. The fraction of sp³-hybridized carbons (Fsp3) is 0.385. The van der Waals surface area contributed by atoms with Crippen molar-refractivity contribution in [1.82, 2.24) is 10.0 Å². The summed E-state index contributed by atoms with van der Waals surface area (Å²) in [5, 5.41) is 5.09. The zero-order valence-corrected chi connectivity index (χ0v) is 14.9. The summed E-state index contributed by atoms with van der Waals surface area (Å²) in [4.78, 5) is 1.08. The van der Waals surface area contributed by atoms with E-state index in [1.807, 2.05) is 31.4 Å². The number of sulfonamides is 1. The molecule has 2 aromatic rings. The third-order valence-electron chi connectivity index (χ3n) is 2.70. The first-order valence-corrected chi connectivity index (χ1v) is 9.57. The van der Waals surface area contributed by atoms with Gasteiger partial charge in [0.05, 0.1) is 6.54 Å². The summed E-state index contributed by atoms with van der Waals surface area (Å²) in [5.74, 6) is 0.576. The summed E-state index contributed by atoms with van der Waals surface area (Å²) in [6.07, 6.45) is 0. The van der Waals surface area contributed by atoms with E-state index in [1.165, 1.54) is 17.4 Å². The second-order valence-electron chi connectivity index (χ2n) is 4.79. The highest BCUT2D eigenvalue weighted by Gasteiger charge is 2.22. The van der Waals surface area contributed by atoms with E-state index in [1.54, 1.807) is 0 Å². The molecule has 0 aliphatic carbocycles. The zero-order chi connectivity index (χ0) is 15.5. The lowest BCUT2D eigenvalue weighted by Gasteiger charge is -2.04. The van der Waals surface area contributed by atoms with Crippen LogP contribution in [-0.4, -0.2) is 14.5 Å². The largest absolute Gasteiger partial charge is 0.452 e. The highest BCUT2D eigenvalue weighted by atomic mass is 79.9. The van der Waals surface area contributed by atoms with Gasteiger partial charge in [0.1, 0.15) is 10.7 Å². The molecule has 116 valence electrons. The third-order valence-corrected chi connectivity index (χ3v) is 5.83. The molecule has 2 aromatic heterocycles. The molecule has 5 nitrogen and oxygen atoms in total. The van der Waals surface area contributed by atoms with Gasteiger partial charge in [-0.2, -0.15) is 0 Å². The first-order valence-electron chi connectivity index (χ1n) is 6.42. The molecule has 0 saturated heterocycles. The summed E-state index contributed by atoms with van der Waals surface area (Å²) >= 11 is 4.68. The second-order valence-corrected chi connectivity index (χ2v) is 8.28. The maximum atomic E-state index is 12.3. The first kappa shape index (κ1) is 16.7. The molecule has 0 saturated carbocycles. The summed E-state index contributed by atoms with van der Waals surface area (Å²) in [7, 11) is -3.60. The van der Waals surface area contributed by atoms with Crippen LogP contribution in [0.5, 0.6) is 0 Å². The van der Waals surface area contributed by atoms with Crippen LogP contribution >= 0.6 is 27.3 Å². The van der Waals surface area contributed by atoms with Crippen LogP contribution in [0.25, 0.3) is 0 Å². The fourth-order valence-electron chi connectivity index (χ4n) is 1.63. The van der Waals surface area contributed by atoms with Crippen LogP contribution in [0.15, 0.2) is 37.6 Å². The van der Waals surface area contributed by atoms with Crippen molar-refractivity contribution in [2.75, 3.05) is 0 Å². The Morgan fingerprint density at radius 3 is 2.76 bits per heavy atom. The van der Waals surface area contributed by atoms with E-state index in [9.17, 15) is 8.42 Å². The lowest BCUT2D eigenvalue weighted by molar-refractivity contribution is 0.447. The van der Waals surface area contributed by atoms with Gasteiger partial charge in [-0.25, -0.2) is 13.1 Å². The predicted molar refractivity (Wildman–Crippen MR) is 86.7 cm³/mol. The Bertz CT molecular complexity index is 678. The topological polar surface area (TPSA) is 71.3 Å². The van der Waals surface area contributed by atoms with Gasteiger partial charge in [0.2, 0.25) is 10.0 Å². The monoisotopic (exact) mass is 392 g/mol. The van der Waals surface area contributed by atoms with Crippen molar-refractivity contribution in [2.45, 2.75) is 37.9 Å². The van der Waals surface area contributed by atoms with Gasteiger partial charge in [0.15, 0.2) is 4.67 Å². The number of hydrogen-bond acceptors (Lipinski definition) is 5. The summed E-state index contributed by atoms with van der Waals surface area (Å²) in [6, 6.07) is 5.61. The molecule has 0 aliphatic heterocycles. The molecule has 0 fully saturated rings. The van der Waals surface area contributed by atoms with Crippen molar-refractivity contribution >= 4 is 37.3 Å². The lowest BCUT2D eigenvalue weighted by Crippen LogP contribution is -2.23. The standard InChI is InChI=1S/C13H17BrN2O3S2/c1-9(2)15-7-10-6-12(13(14)19-10)21(17,18)16-8-11-4-3-5-20-11/h3-6,9,15-16H,7-8H2,1-2H3. The summed E-state index contributed by atoms with van der Waals surface area (Å²) in [6.45, 7) is 4.78. The van der Waals surface area contributed by atoms with Crippen molar-refractivity contribution in [3.05, 3.63) is 38.9 Å². The van der Waals surface area contributed by atoms with Gasteiger partial charge in [-0.1, -0.05) is 19.9 Å². The molecule has 0 atom stereocenters. The molecule has 0 unspecified atom stereocenters. The van der Waals surface area contributed by atoms with Crippen molar-refractivity contribution in [1.29, 1.82) is 0 Å². The van der Waals surface area contributed by atoms with Gasteiger partial charge in [-0.3, -0.25) is 0 Å². The van der Waals surface area contributed by atoms with Crippen molar-refractivity contribution in [3.8, 4) is 0 Å². The Morgan fingerprint density at radius 1 is 1.38 bits per heavy atom. The zero-order valence-electron chi connectivity index (χ0n) is 11.7. The smallest absolute Gasteiger partial charge is 0.245 e. The number of halogens is 1. The van der Waals surface area contributed by atoms with Crippen LogP contribution < -0.4 is 10.0 Å². The van der Waals surface area contributed by atoms with Gasteiger partial charge in [-0.15, -0.1) is 11.3 Å². The van der Waals surface area contributed by atoms with Gasteiger partial charge < -0.3 is 9.73 Å². The molecule has 0 spiro atoms. The quantitative estimate of drug-likeness (QED) is 0.759. The Kier molecular flexibility index (Phi) is 5.61. The van der Waals surface area contributed by atoms with Gasteiger partial charge in [0.25, 0.3) is 0 Å². The van der Waals surface area contributed by atoms with E-state index in [4.69, 9.17) is 4.42 Å². The molecule has 0 amide bonds. The van der Waals surface area contributed by atoms with Gasteiger partial charge in [-0.05, 0) is 27.4 Å². The third kappa shape index (κ3) is 4.65. The Hall–Kier alpha value is -0.670. The van der Waals surface area contributed by atoms with E-state index in [2.05, 4.69) is 26.0 Å². The van der Waals surface area contributed by atoms with Crippen molar-refractivity contribution < 1.29 is 12.8 Å². The lowest BCUT2D eigenvalue weighted by atomic mass is 10.3. The van der Waals surface area contributed by atoms with Crippen molar-refractivity contribution in [3.63, 3.8) is 0 Å². The Balaban J connectivity index is 2.08. The highest BCUT2D eigenvalue weighted by molar-refractivity contribution is 9.10. The maximum Gasteiger partial charge on any atom is 0.245 e. The average Bonchev–Trinajstić information content (AvgIpc) is 3.03. The maximum absolute atomic E-state index is 12.3. The van der Waals surface area contributed by atoms with Gasteiger partial charge >= 0.3 is 0 Å². The molecule has 21 heavy (non-hydrogen) atoms. The number of furan rings is 1. The molecule has 2 rings (SSSR count). The summed E-state index contributed by atoms with van der Waals surface area (Å²) < 4.78 is 32.8. The van der Waals surface area contributed by atoms with E-state index in [0.29, 0.717) is 18.3 Å². The number of thiophene rings is 1. The normalized spacial score (nSPS) is 12.2. The molecule has 0 radical (unpaired) electrons. The molecule has 8 heteroatoms. The first-order chi connectivity index (χ1) is 9.88. The van der Waals surface area contributed by atoms with Gasteiger partial charge in [0, 0.05) is 23.5 Å². The average molecular weight is 393 g/mol. The van der Waals surface area contributed by atoms with Crippen LogP contribution in [0.3, 0.4) is 0 Å². The van der Waals surface area contributed by atoms with Crippen LogP contribution in [-0.2, 0) is 23.1 Å². The SMILES string of the molecule is CC(C)NCc1cc(S(=O)(=O)NCc2cccs2)c(Br)o1. The molecule has 0 bridgehead atoms. The van der Waals surface area contributed by atoms with E-state index in [0.717, 1.165) is 4.88 Å². The Morgan fingerprint density at radius 2 is 2.14 bits per heavy atom. The van der Waals surface area contributed by atoms with E-state index >= 15 is 0 Å². The van der Waals surface area contributed by atoms with Crippen LogP contribution in [0.1, 0.15) is 24.5 Å². The molecular weight excluding hydrogens is 376 g/mol. The van der Waals surface area contributed by atoms with Crippen molar-refractivity contribution in [2.24, 2.45) is 0 Å². The number of hydrogen-bond donors (Lipinski definition) is 2. The number of nitrogens with one attached hydrogen (secondary N) is 2. The molecule has 0 aliphatic rings. The van der Waals surface area contributed by atoms with E-state index in [-0.39, 0.29) is 16.1 Å². The number of rotatable bonds is 7. The minimum Gasteiger partial charge on any atom is -0.452 e. The van der Waals surface area contributed by atoms with E-state index < -0.39 is 10.0 Å². The molecule has 2 heterocycles. The Labute approximate surface area is 136 Å². The summed E-state index contributed by atoms with van der Waals surface area (Å²) in [5.41, 5.74) is 0.